The number of rotatable bonds is 2. The Morgan fingerprint density at radius 2 is 1.36 bits per heavy atom. The first-order chi connectivity index (χ1) is 16.4. The van der Waals surface area contributed by atoms with Crippen molar-refractivity contribution in [3.8, 4) is 0 Å². The molecule has 1 amide bonds. The average molecular weight is 597 g/mol. The molecule has 0 unspecified atom stereocenters. The number of aliphatic hydroxyl groups is 1. The molecule has 0 spiro atoms. The molecule has 0 aliphatic carbocycles. The van der Waals surface area contributed by atoms with Crippen molar-refractivity contribution in [3.63, 3.8) is 0 Å². The van der Waals surface area contributed by atoms with Gasteiger partial charge in [0, 0.05) is 38.0 Å². The highest BCUT2D eigenvalue weighted by Crippen LogP contribution is 2.18. The van der Waals surface area contributed by atoms with E-state index in [0.29, 0.717) is 12.5 Å². The largest absolute Gasteiger partial charge is 0.478 e. The Kier molecular flexibility index (Phi) is 23.7. The van der Waals surface area contributed by atoms with E-state index in [0.717, 1.165) is 25.6 Å². The molecule has 33 heavy (non-hydrogen) atoms. The van der Waals surface area contributed by atoms with Crippen LogP contribution in [-0.2, 0) is 0 Å². The number of carbonyl (C=O) groups excluding carboxylic acids is 1. The van der Waals surface area contributed by atoms with Crippen molar-refractivity contribution in [2.24, 2.45) is 0 Å². The molecule has 0 aliphatic heterocycles. The molecule has 0 radical (unpaired) electrons. The Balaban J connectivity index is -0.000000196. The van der Waals surface area contributed by atoms with Gasteiger partial charge in [-0.05, 0) is 82.4 Å². The van der Waals surface area contributed by atoms with E-state index in [1.165, 1.54) is 7.40 Å². The van der Waals surface area contributed by atoms with Crippen molar-refractivity contribution in [2.75, 3.05) is 34.8 Å². The number of carboxylic acids is 1. The molecule has 2 rings (SSSR count). The monoisotopic (exact) mass is 595 g/mol. The van der Waals surface area contributed by atoms with Gasteiger partial charge in [-0.25, -0.2) is 4.79 Å². The van der Waals surface area contributed by atoms with Gasteiger partial charge in [0.05, 0.1) is 5.56 Å². The van der Waals surface area contributed by atoms with Crippen molar-refractivity contribution in [2.45, 2.75) is 42.0 Å². The van der Waals surface area contributed by atoms with Crippen LogP contribution in [0.25, 0.3) is 0 Å². The first kappa shape index (κ1) is 33.4. The fourth-order valence-corrected chi connectivity index (χ4v) is 2.31. The van der Waals surface area contributed by atoms with Gasteiger partial charge in [0.2, 0.25) is 0 Å². The topological polar surface area (TPSA) is 89.9 Å². The van der Waals surface area contributed by atoms with Crippen LogP contribution in [0.5, 0.6) is 0 Å². The van der Waals surface area contributed by atoms with Crippen molar-refractivity contribution in [1.29, 1.82) is 0 Å². The number of aromatic carboxylic acids is 1. The SMILES string of the molecule is CCO.CNC.Cc1cc(C(=O)N(C)C)ccc1Br.Cc1cc(C(=O)O)ccc1Br.[2H]CC.[3H]C. The lowest BCUT2D eigenvalue weighted by molar-refractivity contribution is 0.0696. The summed E-state index contributed by atoms with van der Waals surface area (Å²) in [4.78, 5) is 23.5. The minimum atomic E-state index is -0.888. The van der Waals surface area contributed by atoms with E-state index in [-0.39, 0.29) is 12.5 Å². The molecule has 2 aromatic carbocycles. The predicted octanol–water partition coefficient (Wildman–Crippen LogP) is 6.41. The predicted molar refractivity (Wildman–Crippen MR) is 149 cm³/mol. The van der Waals surface area contributed by atoms with Crippen LogP contribution in [0.1, 0.15) is 62.7 Å². The van der Waals surface area contributed by atoms with Gasteiger partial charge < -0.3 is 20.4 Å². The van der Waals surface area contributed by atoms with E-state index < -0.39 is 5.97 Å². The second kappa shape index (κ2) is 23.4. The Morgan fingerprint density at radius 1 is 1.06 bits per heavy atom. The third-order valence-electron chi connectivity index (χ3n) is 3.22. The lowest BCUT2D eigenvalue weighted by Gasteiger charge is -2.10. The fourth-order valence-electron chi connectivity index (χ4n) is 1.81. The maximum atomic E-state index is 11.5. The Labute approximate surface area is 220 Å². The molecule has 2 aromatic rings. The fraction of sp³-hybridized carbons (Fsp3) is 0.440. The van der Waals surface area contributed by atoms with E-state index in [4.69, 9.17) is 13.0 Å². The molecular weight excluding hydrogens is 552 g/mol. The quantitative estimate of drug-likeness (QED) is 0.372. The number of nitrogens with zero attached hydrogens (tertiary/aromatic N) is 1. The number of nitrogens with one attached hydrogen (secondary N) is 1. The molecule has 0 saturated heterocycles. The van der Waals surface area contributed by atoms with E-state index in [9.17, 15) is 9.59 Å². The van der Waals surface area contributed by atoms with E-state index >= 15 is 0 Å². The summed E-state index contributed by atoms with van der Waals surface area (Å²) in [6, 6.07) is 10.5. The number of halogens is 2. The number of hydrogen-bond donors (Lipinski definition) is 3. The minimum absolute atomic E-state index is 0.0376. The van der Waals surface area contributed by atoms with Crippen molar-refractivity contribution >= 4 is 43.7 Å². The first-order valence-electron chi connectivity index (χ1n) is 11.5. The molecule has 0 saturated carbocycles. The Bertz CT molecular complexity index is 819. The number of carboxylic acid groups (broad SMARTS) is 1. The third-order valence-corrected chi connectivity index (χ3v) is 5.00. The zero-order valence-corrected chi connectivity index (χ0v) is 24.5. The molecule has 0 aliphatic rings. The van der Waals surface area contributed by atoms with Crippen LogP contribution in [0.3, 0.4) is 0 Å². The van der Waals surface area contributed by atoms with Gasteiger partial charge in [0.15, 0.2) is 0 Å². The standard InChI is InChI=1S/C10H12BrNO.C8H7BrO2.C2H7N.C2H6O.C2H6.CH4/c1-7-6-8(4-5-9(7)11)10(13)12(2)3;1-5-4-6(8(10)11)2-3-7(5)9;1-3-2;1-2-3;1-2;/h4-6H,1-3H3;2-4H,1H3,(H,10,11);3H,1-2H3;3H,2H2,1H3;1-2H3;1H4/i;;;;1D;1T. The maximum absolute atomic E-state index is 11.5. The van der Waals surface area contributed by atoms with Gasteiger partial charge in [-0.2, -0.15) is 0 Å². The van der Waals surface area contributed by atoms with Gasteiger partial charge in [0.1, 0.15) is 0 Å². The summed E-state index contributed by atoms with van der Waals surface area (Å²) in [7, 11) is 8.50. The highest BCUT2D eigenvalue weighted by Gasteiger charge is 2.08. The van der Waals surface area contributed by atoms with Gasteiger partial charge >= 0.3 is 5.97 Å². The normalized spacial score (nSPS) is 8.97. The first-order valence-corrected chi connectivity index (χ1v) is 11.4. The maximum Gasteiger partial charge on any atom is 0.335 e. The van der Waals surface area contributed by atoms with Crippen molar-refractivity contribution in [1.82, 2.24) is 10.2 Å². The lowest BCUT2D eigenvalue weighted by Crippen LogP contribution is -2.21. The van der Waals surface area contributed by atoms with Gasteiger partial charge in [-0.3, -0.25) is 4.79 Å². The van der Waals surface area contributed by atoms with Crippen molar-refractivity contribution < 1.29 is 22.5 Å². The lowest BCUT2D eigenvalue weighted by atomic mass is 10.1. The van der Waals surface area contributed by atoms with Gasteiger partial charge in [-0.15, -0.1) is 0 Å². The number of aryl methyl sites for hydroxylation is 2. The molecule has 0 atom stereocenters. The highest BCUT2D eigenvalue weighted by atomic mass is 79.9. The summed E-state index contributed by atoms with van der Waals surface area (Å²) >= 11 is 6.68. The van der Waals surface area contributed by atoms with Crippen LogP contribution in [-0.4, -0.2) is 61.8 Å². The summed E-state index contributed by atoms with van der Waals surface area (Å²) in [6.45, 7) is 8.05. The molecule has 3 N–H and O–H groups in total. The van der Waals surface area contributed by atoms with Crippen LogP contribution in [0.2, 0.25) is 0 Å². The molecule has 0 aromatic heterocycles. The minimum Gasteiger partial charge on any atom is -0.478 e. The number of carbonyl (C=O) groups is 2. The van der Waals surface area contributed by atoms with Crippen LogP contribution in [0, 0.1) is 13.8 Å². The molecular formula is C25H42Br2N2O4. The smallest absolute Gasteiger partial charge is 0.335 e. The summed E-state index contributed by atoms with van der Waals surface area (Å²) < 4.78 is 13.9. The van der Waals surface area contributed by atoms with Crippen LogP contribution in [0.15, 0.2) is 45.3 Å². The zero-order chi connectivity index (χ0) is 28.6. The highest BCUT2D eigenvalue weighted by molar-refractivity contribution is 9.10. The summed E-state index contributed by atoms with van der Waals surface area (Å²) in [5, 5.41) is 18.9. The molecule has 6 nitrogen and oxygen atoms in total. The van der Waals surface area contributed by atoms with E-state index in [2.05, 4.69) is 37.2 Å². The third kappa shape index (κ3) is 18.4. The molecule has 190 valence electrons. The van der Waals surface area contributed by atoms with Gasteiger partial charge in [0.25, 0.3) is 5.91 Å². The molecule has 0 fully saturated rings. The zero-order valence-electron chi connectivity index (χ0n) is 23.3. The van der Waals surface area contributed by atoms with Crippen LogP contribution in [0.4, 0.5) is 0 Å². The second-order valence-corrected chi connectivity index (χ2v) is 7.96. The summed E-state index contributed by atoms with van der Waals surface area (Å²) in [6.07, 6.45) is 0. The molecule has 8 heteroatoms. The van der Waals surface area contributed by atoms with E-state index in [1.807, 2.05) is 46.1 Å². The molecule has 0 heterocycles. The second-order valence-electron chi connectivity index (χ2n) is 6.25. The van der Waals surface area contributed by atoms with Gasteiger partial charge in [-0.1, -0.05) is 53.1 Å². The number of benzene rings is 2. The van der Waals surface area contributed by atoms with E-state index in [1.54, 1.807) is 51.0 Å². The Hall–Kier alpha value is -1.74. The Morgan fingerprint density at radius 3 is 1.64 bits per heavy atom. The van der Waals surface area contributed by atoms with Crippen LogP contribution < -0.4 is 5.32 Å². The number of hydrogen-bond acceptors (Lipinski definition) is 4. The molecule has 0 bridgehead atoms. The number of amides is 1. The average Bonchev–Trinajstić information content (AvgIpc) is 2.80. The summed E-state index contributed by atoms with van der Waals surface area (Å²) in [5.41, 5.74) is 3.06. The van der Waals surface area contributed by atoms with Crippen molar-refractivity contribution in [3.05, 3.63) is 67.6 Å². The summed E-state index contributed by atoms with van der Waals surface area (Å²) in [5.74, 6) is -0.851. The van der Waals surface area contributed by atoms with Crippen LogP contribution >= 0.6 is 31.9 Å². The number of aliphatic hydroxyl groups excluding tert-OH is 1.